The Morgan fingerprint density at radius 2 is 2.13 bits per heavy atom. The minimum Gasteiger partial charge on any atom is -0.545 e. The standard InChI is InChI=1S/C16H13NO6/c18-7-16-5-4-10(23-16)11-12(16)14(20)17(13(11)19)9-3-1-2-8(6-9)15(21)22/h1-6,10-12,18H,7H2,(H,21,22)/p-1/t10-,11+,12+,16-/m1/s1. The number of hydrogen-bond donors (Lipinski definition) is 1. The number of aliphatic hydroxyl groups is 1. The van der Waals surface area contributed by atoms with Gasteiger partial charge >= 0.3 is 0 Å². The van der Waals surface area contributed by atoms with E-state index in [1.807, 2.05) is 0 Å². The highest BCUT2D eigenvalue weighted by molar-refractivity contribution is 6.23. The van der Waals surface area contributed by atoms with Crippen LogP contribution in [0.1, 0.15) is 10.4 Å². The van der Waals surface area contributed by atoms with Crippen LogP contribution >= 0.6 is 0 Å². The fourth-order valence-corrected chi connectivity index (χ4v) is 3.71. The molecule has 1 aromatic rings. The number of amides is 2. The first kappa shape index (κ1) is 14.1. The Labute approximate surface area is 130 Å². The summed E-state index contributed by atoms with van der Waals surface area (Å²) in [5.41, 5.74) is -1.10. The van der Waals surface area contributed by atoms with Gasteiger partial charge in [-0.05, 0) is 17.7 Å². The van der Waals surface area contributed by atoms with Gasteiger partial charge in [0.2, 0.25) is 11.8 Å². The van der Waals surface area contributed by atoms with Crippen LogP contribution in [0, 0.1) is 11.8 Å². The lowest BCUT2D eigenvalue weighted by molar-refractivity contribution is -0.255. The van der Waals surface area contributed by atoms with Gasteiger partial charge in [-0.25, -0.2) is 4.90 Å². The summed E-state index contributed by atoms with van der Waals surface area (Å²) in [5.74, 6) is -3.80. The van der Waals surface area contributed by atoms with Gasteiger partial charge in [-0.15, -0.1) is 0 Å². The average Bonchev–Trinajstić information content (AvgIpc) is 3.18. The van der Waals surface area contributed by atoms with Crippen molar-refractivity contribution in [2.45, 2.75) is 11.7 Å². The summed E-state index contributed by atoms with van der Waals surface area (Å²) in [7, 11) is 0. The first-order chi connectivity index (χ1) is 11.0. The van der Waals surface area contributed by atoms with Crippen molar-refractivity contribution < 1.29 is 29.3 Å². The van der Waals surface area contributed by atoms with E-state index < -0.39 is 47.9 Å². The number of aliphatic hydroxyl groups excluding tert-OH is 1. The largest absolute Gasteiger partial charge is 0.545 e. The highest BCUT2D eigenvalue weighted by Crippen LogP contribution is 2.52. The van der Waals surface area contributed by atoms with Crippen LogP contribution in [0.5, 0.6) is 0 Å². The van der Waals surface area contributed by atoms with E-state index in [9.17, 15) is 24.6 Å². The van der Waals surface area contributed by atoms with E-state index >= 15 is 0 Å². The number of anilines is 1. The van der Waals surface area contributed by atoms with Gasteiger partial charge in [0.15, 0.2) is 0 Å². The third-order valence-corrected chi connectivity index (χ3v) is 4.74. The number of imide groups is 1. The van der Waals surface area contributed by atoms with E-state index in [-0.39, 0.29) is 11.3 Å². The molecule has 4 rings (SSSR count). The maximum absolute atomic E-state index is 12.7. The Morgan fingerprint density at radius 1 is 1.35 bits per heavy atom. The third kappa shape index (κ3) is 1.68. The minimum atomic E-state index is -1.39. The molecule has 2 bridgehead atoms. The molecular weight excluding hydrogens is 302 g/mol. The van der Waals surface area contributed by atoms with Gasteiger partial charge in [0.05, 0.1) is 36.2 Å². The van der Waals surface area contributed by atoms with Gasteiger partial charge in [0, 0.05) is 0 Å². The predicted molar refractivity (Wildman–Crippen MR) is 74.1 cm³/mol. The number of aromatic carboxylic acids is 1. The molecule has 2 fully saturated rings. The average molecular weight is 314 g/mol. The van der Waals surface area contributed by atoms with E-state index in [0.29, 0.717) is 0 Å². The lowest BCUT2D eigenvalue weighted by atomic mass is 9.77. The molecule has 3 heterocycles. The summed E-state index contributed by atoms with van der Waals surface area (Å²) in [6.07, 6.45) is 2.77. The second kappa shape index (κ2) is 4.50. The molecule has 0 aliphatic carbocycles. The van der Waals surface area contributed by atoms with Crippen molar-refractivity contribution in [3.8, 4) is 0 Å². The van der Waals surface area contributed by atoms with Crippen molar-refractivity contribution in [2.75, 3.05) is 11.5 Å². The molecule has 1 N–H and O–H groups in total. The summed E-state index contributed by atoms with van der Waals surface area (Å²) in [5, 5.41) is 20.6. The van der Waals surface area contributed by atoms with Crippen LogP contribution in [0.25, 0.3) is 0 Å². The molecule has 0 spiro atoms. The zero-order chi connectivity index (χ0) is 16.4. The first-order valence-electron chi connectivity index (χ1n) is 7.16. The molecule has 23 heavy (non-hydrogen) atoms. The van der Waals surface area contributed by atoms with Gasteiger partial charge in [0.25, 0.3) is 0 Å². The molecular formula is C16H12NO6-. The van der Waals surface area contributed by atoms with Crippen molar-refractivity contribution in [3.05, 3.63) is 42.0 Å². The highest BCUT2D eigenvalue weighted by Gasteiger charge is 2.67. The minimum absolute atomic E-state index is 0.116. The third-order valence-electron chi connectivity index (χ3n) is 4.74. The Bertz CT molecular complexity index is 772. The number of ether oxygens (including phenoxy) is 1. The maximum Gasteiger partial charge on any atom is 0.241 e. The molecule has 2 saturated heterocycles. The van der Waals surface area contributed by atoms with E-state index in [2.05, 4.69) is 0 Å². The molecule has 3 aliphatic heterocycles. The molecule has 1 aromatic carbocycles. The molecule has 118 valence electrons. The van der Waals surface area contributed by atoms with Crippen LogP contribution in [-0.4, -0.2) is 41.2 Å². The van der Waals surface area contributed by atoms with E-state index in [1.54, 1.807) is 12.2 Å². The molecule has 3 aliphatic rings. The van der Waals surface area contributed by atoms with Gasteiger partial charge in [-0.3, -0.25) is 9.59 Å². The van der Waals surface area contributed by atoms with Gasteiger partial charge in [0.1, 0.15) is 5.60 Å². The number of carboxylic acid groups (broad SMARTS) is 1. The number of rotatable bonds is 3. The lowest BCUT2D eigenvalue weighted by Gasteiger charge is -2.26. The quantitative estimate of drug-likeness (QED) is 0.558. The summed E-state index contributed by atoms with van der Waals surface area (Å²) >= 11 is 0. The Hall–Kier alpha value is -2.51. The second-order valence-corrected chi connectivity index (χ2v) is 5.91. The zero-order valence-electron chi connectivity index (χ0n) is 11.8. The number of carbonyl (C=O) groups is 3. The summed E-state index contributed by atoms with van der Waals surface area (Å²) in [6, 6.07) is 5.49. The topological polar surface area (TPSA) is 107 Å². The van der Waals surface area contributed by atoms with E-state index in [4.69, 9.17) is 4.74 Å². The SMILES string of the molecule is O=C([O-])c1cccc(N2C(=O)[C@@H]3[C@@H](C2=O)[C@]2(CO)C=C[C@H]3O2)c1. The smallest absolute Gasteiger partial charge is 0.241 e. The monoisotopic (exact) mass is 314 g/mol. The van der Waals surface area contributed by atoms with Gasteiger partial charge in [-0.2, -0.15) is 0 Å². The lowest BCUT2D eigenvalue weighted by Crippen LogP contribution is -2.43. The van der Waals surface area contributed by atoms with Crippen LogP contribution in [0.15, 0.2) is 36.4 Å². The number of nitrogens with zero attached hydrogens (tertiary/aromatic N) is 1. The van der Waals surface area contributed by atoms with Crippen molar-refractivity contribution >= 4 is 23.5 Å². The van der Waals surface area contributed by atoms with Crippen LogP contribution < -0.4 is 10.0 Å². The van der Waals surface area contributed by atoms with Crippen molar-refractivity contribution in [3.63, 3.8) is 0 Å². The second-order valence-electron chi connectivity index (χ2n) is 5.91. The van der Waals surface area contributed by atoms with Gasteiger partial charge < -0.3 is 19.7 Å². The van der Waals surface area contributed by atoms with E-state index in [0.717, 1.165) is 4.90 Å². The predicted octanol–water partition coefficient (Wildman–Crippen LogP) is -1.14. The van der Waals surface area contributed by atoms with Crippen LogP contribution in [-0.2, 0) is 14.3 Å². The summed E-state index contributed by atoms with van der Waals surface area (Å²) in [4.78, 5) is 37.4. The van der Waals surface area contributed by atoms with Crippen molar-refractivity contribution in [2.24, 2.45) is 11.8 Å². The normalized spacial score (nSPS) is 34.3. The molecule has 4 atom stereocenters. The van der Waals surface area contributed by atoms with E-state index in [1.165, 1.54) is 24.3 Å². The molecule has 2 amide bonds. The maximum atomic E-state index is 12.7. The fourth-order valence-electron chi connectivity index (χ4n) is 3.71. The summed E-state index contributed by atoms with van der Waals surface area (Å²) < 4.78 is 5.63. The molecule has 0 aromatic heterocycles. The number of hydrogen-bond acceptors (Lipinski definition) is 6. The fraction of sp³-hybridized carbons (Fsp3) is 0.312. The Kier molecular flexibility index (Phi) is 2.76. The number of carbonyl (C=O) groups excluding carboxylic acids is 3. The number of carboxylic acids is 1. The van der Waals surface area contributed by atoms with Crippen molar-refractivity contribution in [1.29, 1.82) is 0 Å². The van der Waals surface area contributed by atoms with Crippen molar-refractivity contribution in [1.82, 2.24) is 0 Å². The molecule has 7 heteroatoms. The highest BCUT2D eigenvalue weighted by atomic mass is 16.5. The molecule has 0 radical (unpaired) electrons. The van der Waals surface area contributed by atoms with Crippen LogP contribution in [0.3, 0.4) is 0 Å². The zero-order valence-corrected chi connectivity index (χ0v) is 11.8. The Balaban J connectivity index is 1.76. The first-order valence-corrected chi connectivity index (χ1v) is 7.16. The Morgan fingerprint density at radius 3 is 2.83 bits per heavy atom. The number of fused-ring (bicyclic) bond motifs is 5. The number of benzene rings is 1. The van der Waals surface area contributed by atoms with Crippen LogP contribution in [0.4, 0.5) is 5.69 Å². The molecule has 7 nitrogen and oxygen atoms in total. The molecule has 0 unspecified atom stereocenters. The van der Waals surface area contributed by atoms with Crippen LogP contribution in [0.2, 0.25) is 0 Å². The molecule has 0 saturated carbocycles. The summed E-state index contributed by atoms with van der Waals surface area (Å²) in [6.45, 7) is -0.396. The van der Waals surface area contributed by atoms with Gasteiger partial charge in [-0.1, -0.05) is 24.3 Å².